The molecule has 0 radical (unpaired) electrons. The van der Waals surface area contributed by atoms with Crippen LogP contribution in [-0.4, -0.2) is 31.0 Å². The zero-order valence-electron chi connectivity index (χ0n) is 9.50. The van der Waals surface area contributed by atoms with Crippen LogP contribution in [0, 0.1) is 3.57 Å². The maximum Gasteiger partial charge on any atom is 0.257 e. The zero-order chi connectivity index (χ0) is 12.4. The summed E-state index contributed by atoms with van der Waals surface area (Å²) in [5.74, 6) is 0.605. The lowest BCUT2D eigenvalue weighted by Crippen LogP contribution is -2.28. The number of hydrogen-bond acceptors (Lipinski definition) is 2. The fourth-order valence-electron chi connectivity index (χ4n) is 1.96. The molecule has 1 amide bonds. The van der Waals surface area contributed by atoms with E-state index in [-0.39, 0.29) is 5.91 Å². The van der Waals surface area contributed by atoms with Crippen LogP contribution < -0.4 is 4.74 Å². The summed E-state index contributed by atoms with van der Waals surface area (Å²) < 4.78 is 6.14. The second-order valence-corrected chi connectivity index (χ2v) is 5.54. The lowest BCUT2D eigenvalue weighted by atomic mass is 10.1. The number of halogens is 2. The van der Waals surface area contributed by atoms with E-state index in [4.69, 9.17) is 16.3 Å². The van der Waals surface area contributed by atoms with Crippen molar-refractivity contribution in [3.8, 4) is 5.75 Å². The van der Waals surface area contributed by atoms with Crippen LogP contribution in [0.3, 0.4) is 0 Å². The second kappa shape index (κ2) is 5.44. The van der Waals surface area contributed by atoms with Crippen LogP contribution in [0.15, 0.2) is 12.1 Å². The number of carbonyl (C=O) groups excluding carboxylic acids is 1. The summed E-state index contributed by atoms with van der Waals surface area (Å²) in [5.41, 5.74) is 0.555. The van der Waals surface area contributed by atoms with Gasteiger partial charge in [0.2, 0.25) is 0 Å². The SMILES string of the molecule is COc1cc(I)c(Cl)cc1C(=O)N1CCCC1. The van der Waals surface area contributed by atoms with Gasteiger partial charge < -0.3 is 9.64 Å². The number of rotatable bonds is 2. The normalized spacial score (nSPS) is 15.1. The van der Waals surface area contributed by atoms with E-state index in [9.17, 15) is 4.79 Å². The van der Waals surface area contributed by atoms with Crippen LogP contribution in [0.2, 0.25) is 5.02 Å². The van der Waals surface area contributed by atoms with Gasteiger partial charge >= 0.3 is 0 Å². The van der Waals surface area contributed by atoms with E-state index < -0.39 is 0 Å². The topological polar surface area (TPSA) is 29.5 Å². The van der Waals surface area contributed by atoms with Crippen molar-refractivity contribution in [2.75, 3.05) is 20.2 Å². The summed E-state index contributed by atoms with van der Waals surface area (Å²) in [4.78, 5) is 14.1. The van der Waals surface area contributed by atoms with Crippen molar-refractivity contribution in [2.24, 2.45) is 0 Å². The summed E-state index contributed by atoms with van der Waals surface area (Å²) in [6.45, 7) is 1.65. The Labute approximate surface area is 119 Å². The zero-order valence-corrected chi connectivity index (χ0v) is 12.4. The van der Waals surface area contributed by atoms with Gasteiger partial charge in [0.25, 0.3) is 5.91 Å². The molecule has 1 heterocycles. The molecule has 5 heteroatoms. The number of likely N-dealkylation sites (tertiary alicyclic amines) is 1. The molecular weight excluding hydrogens is 352 g/mol. The molecule has 0 spiro atoms. The highest BCUT2D eigenvalue weighted by Gasteiger charge is 2.23. The van der Waals surface area contributed by atoms with Gasteiger partial charge in [-0.05, 0) is 47.6 Å². The Morgan fingerprint density at radius 3 is 2.65 bits per heavy atom. The van der Waals surface area contributed by atoms with E-state index in [1.165, 1.54) is 0 Å². The van der Waals surface area contributed by atoms with Crippen molar-refractivity contribution < 1.29 is 9.53 Å². The first-order chi connectivity index (χ1) is 8.13. The molecule has 0 aromatic heterocycles. The molecule has 1 aliphatic heterocycles. The highest BCUT2D eigenvalue weighted by molar-refractivity contribution is 14.1. The van der Waals surface area contributed by atoms with E-state index in [2.05, 4.69) is 22.6 Å². The number of nitrogens with zero attached hydrogens (tertiary/aromatic N) is 1. The Bertz CT molecular complexity index is 444. The largest absolute Gasteiger partial charge is 0.496 e. The average Bonchev–Trinajstić information content (AvgIpc) is 2.84. The number of hydrogen-bond donors (Lipinski definition) is 0. The van der Waals surface area contributed by atoms with Crippen molar-refractivity contribution >= 4 is 40.1 Å². The molecule has 1 saturated heterocycles. The number of amides is 1. The van der Waals surface area contributed by atoms with Crippen LogP contribution in [0.25, 0.3) is 0 Å². The molecule has 2 rings (SSSR count). The molecule has 0 atom stereocenters. The molecule has 1 aliphatic rings. The predicted molar refractivity (Wildman–Crippen MR) is 75.9 cm³/mol. The van der Waals surface area contributed by atoms with Crippen molar-refractivity contribution in [3.63, 3.8) is 0 Å². The van der Waals surface area contributed by atoms with Gasteiger partial charge in [0.15, 0.2) is 0 Å². The minimum absolute atomic E-state index is 0.0117. The first-order valence-electron chi connectivity index (χ1n) is 5.46. The monoisotopic (exact) mass is 365 g/mol. The van der Waals surface area contributed by atoms with Crippen molar-refractivity contribution in [3.05, 3.63) is 26.3 Å². The molecule has 0 bridgehead atoms. The fourth-order valence-corrected chi connectivity index (χ4v) is 2.56. The van der Waals surface area contributed by atoms with E-state index in [0.717, 1.165) is 29.5 Å². The molecule has 1 aromatic carbocycles. The van der Waals surface area contributed by atoms with Crippen LogP contribution in [0.4, 0.5) is 0 Å². The Morgan fingerprint density at radius 1 is 1.41 bits per heavy atom. The van der Waals surface area contributed by atoms with Crippen molar-refractivity contribution in [2.45, 2.75) is 12.8 Å². The molecule has 1 aromatic rings. The van der Waals surface area contributed by atoms with Crippen LogP contribution in [0.1, 0.15) is 23.2 Å². The molecule has 17 heavy (non-hydrogen) atoms. The molecule has 3 nitrogen and oxygen atoms in total. The number of carbonyl (C=O) groups is 1. The second-order valence-electron chi connectivity index (χ2n) is 3.97. The molecule has 0 N–H and O–H groups in total. The fraction of sp³-hybridized carbons (Fsp3) is 0.417. The summed E-state index contributed by atoms with van der Waals surface area (Å²) in [6.07, 6.45) is 2.15. The minimum Gasteiger partial charge on any atom is -0.496 e. The van der Waals surface area contributed by atoms with E-state index in [1.54, 1.807) is 19.2 Å². The molecule has 92 valence electrons. The first-order valence-corrected chi connectivity index (χ1v) is 6.91. The summed E-state index contributed by atoms with van der Waals surface area (Å²) in [6, 6.07) is 3.50. The van der Waals surface area contributed by atoms with Gasteiger partial charge in [-0.25, -0.2) is 0 Å². The Balaban J connectivity index is 2.36. The maximum absolute atomic E-state index is 12.3. The Morgan fingerprint density at radius 2 is 2.06 bits per heavy atom. The summed E-state index contributed by atoms with van der Waals surface area (Å²) in [5, 5.41) is 0.592. The van der Waals surface area contributed by atoms with Gasteiger partial charge in [-0.3, -0.25) is 4.79 Å². The van der Waals surface area contributed by atoms with Gasteiger partial charge in [0, 0.05) is 16.7 Å². The summed E-state index contributed by atoms with van der Waals surface area (Å²) >= 11 is 8.18. The van der Waals surface area contributed by atoms with Crippen molar-refractivity contribution in [1.29, 1.82) is 0 Å². The third kappa shape index (κ3) is 2.68. The van der Waals surface area contributed by atoms with Gasteiger partial charge in [0.05, 0.1) is 17.7 Å². The predicted octanol–water partition coefficient (Wildman–Crippen LogP) is 3.19. The third-order valence-corrected chi connectivity index (χ3v) is 4.39. The molecular formula is C12H13ClINO2. The average molecular weight is 366 g/mol. The van der Waals surface area contributed by atoms with E-state index in [0.29, 0.717) is 16.3 Å². The molecule has 0 unspecified atom stereocenters. The molecule has 0 aliphatic carbocycles. The smallest absolute Gasteiger partial charge is 0.257 e. The highest BCUT2D eigenvalue weighted by Crippen LogP contribution is 2.29. The lowest BCUT2D eigenvalue weighted by Gasteiger charge is -2.17. The Hall–Kier alpha value is -0.490. The quantitative estimate of drug-likeness (QED) is 0.753. The highest BCUT2D eigenvalue weighted by atomic mass is 127. The maximum atomic E-state index is 12.3. The van der Waals surface area contributed by atoms with Gasteiger partial charge in [-0.2, -0.15) is 0 Å². The number of benzene rings is 1. The standard InChI is InChI=1S/C12H13ClINO2/c1-17-11-7-10(14)9(13)6-8(11)12(16)15-4-2-3-5-15/h6-7H,2-5H2,1H3. The van der Waals surface area contributed by atoms with E-state index >= 15 is 0 Å². The van der Waals surface area contributed by atoms with Crippen LogP contribution in [-0.2, 0) is 0 Å². The number of methoxy groups -OCH3 is 1. The Kier molecular flexibility index (Phi) is 4.14. The minimum atomic E-state index is 0.0117. The van der Waals surface area contributed by atoms with Crippen LogP contribution in [0.5, 0.6) is 5.75 Å². The van der Waals surface area contributed by atoms with Gasteiger partial charge in [-0.15, -0.1) is 0 Å². The van der Waals surface area contributed by atoms with Gasteiger partial charge in [-0.1, -0.05) is 11.6 Å². The number of ether oxygens (including phenoxy) is 1. The molecule has 1 fully saturated rings. The third-order valence-electron chi connectivity index (χ3n) is 2.87. The lowest BCUT2D eigenvalue weighted by molar-refractivity contribution is 0.0789. The first kappa shape index (κ1) is 13.0. The summed E-state index contributed by atoms with van der Waals surface area (Å²) in [7, 11) is 1.57. The molecule has 0 saturated carbocycles. The van der Waals surface area contributed by atoms with Gasteiger partial charge in [0.1, 0.15) is 5.75 Å². The van der Waals surface area contributed by atoms with E-state index in [1.807, 2.05) is 4.90 Å². The van der Waals surface area contributed by atoms with Crippen LogP contribution >= 0.6 is 34.2 Å². The van der Waals surface area contributed by atoms with Crippen molar-refractivity contribution in [1.82, 2.24) is 4.90 Å².